The summed E-state index contributed by atoms with van der Waals surface area (Å²) >= 11 is 1.95. The Hall–Kier alpha value is -6.36. The summed E-state index contributed by atoms with van der Waals surface area (Å²) in [5, 5.41) is 2.64. The van der Waals surface area contributed by atoms with Crippen molar-refractivity contribution >= 4 is 88.7 Å². The first-order chi connectivity index (χ1) is 33.5. The Labute approximate surface area is 420 Å². The van der Waals surface area contributed by atoms with Crippen LogP contribution in [0.15, 0.2) is 152 Å². The van der Waals surface area contributed by atoms with Crippen molar-refractivity contribution in [2.24, 2.45) is 0 Å². The molecule has 0 saturated heterocycles. The molecule has 0 radical (unpaired) electrons. The Balaban J connectivity index is 1.22. The Morgan fingerprint density at radius 1 is 0.443 bits per heavy atom. The van der Waals surface area contributed by atoms with Crippen LogP contribution in [-0.2, 0) is 21.7 Å². The maximum atomic E-state index is 2.72. The van der Waals surface area contributed by atoms with Crippen LogP contribution in [0.2, 0.25) is 0 Å². The van der Waals surface area contributed by atoms with E-state index in [1.54, 1.807) is 0 Å². The van der Waals surface area contributed by atoms with Crippen molar-refractivity contribution in [3.63, 3.8) is 0 Å². The molecule has 0 spiro atoms. The van der Waals surface area contributed by atoms with Gasteiger partial charge in [0.15, 0.2) is 0 Å². The van der Waals surface area contributed by atoms with Gasteiger partial charge >= 0.3 is 0 Å². The molecule has 13 rings (SSSR count). The van der Waals surface area contributed by atoms with Crippen molar-refractivity contribution in [2.45, 2.75) is 117 Å². The van der Waals surface area contributed by atoms with Crippen LogP contribution in [0, 0.1) is 13.8 Å². The van der Waals surface area contributed by atoms with E-state index in [-0.39, 0.29) is 28.4 Å². The van der Waals surface area contributed by atoms with Crippen LogP contribution >= 0.6 is 11.3 Å². The summed E-state index contributed by atoms with van der Waals surface area (Å²) in [5.74, 6) is 0. The summed E-state index contributed by atoms with van der Waals surface area (Å²) in [6.45, 7) is 24.4. The van der Waals surface area contributed by atoms with Gasteiger partial charge in [-0.25, -0.2) is 0 Å². The number of anilines is 6. The summed E-state index contributed by atoms with van der Waals surface area (Å²) in [7, 11) is 0. The van der Waals surface area contributed by atoms with Crippen LogP contribution in [0.1, 0.15) is 114 Å². The lowest BCUT2D eigenvalue weighted by molar-refractivity contribution is 0.332. The normalized spacial score (nSPS) is 17.7. The molecule has 4 heteroatoms. The maximum absolute atomic E-state index is 2.72. The van der Waals surface area contributed by atoms with Crippen LogP contribution in [-0.4, -0.2) is 6.71 Å². The first-order valence-corrected chi connectivity index (χ1v) is 26.6. The van der Waals surface area contributed by atoms with Crippen LogP contribution in [0.3, 0.4) is 0 Å². The Kier molecular flexibility index (Phi) is 9.40. The van der Waals surface area contributed by atoms with Gasteiger partial charge < -0.3 is 9.80 Å². The van der Waals surface area contributed by atoms with Gasteiger partial charge in [-0.3, -0.25) is 0 Å². The zero-order valence-electron chi connectivity index (χ0n) is 42.6. The van der Waals surface area contributed by atoms with Crippen molar-refractivity contribution in [2.75, 3.05) is 9.80 Å². The number of para-hydroxylation sites is 1. The SMILES string of the molecule is Cc1cccc(C)c1-c1cc2c3c(c1)N(c1ccccc1-c1ccccc1)c1c(ccc4c1sc1ccccc14)B3c1cc3c(cc1N2c1ccc2c(c1)C(C)(C)CCC2(C)C)C(C)(C)CCC3(C)C. The topological polar surface area (TPSA) is 6.48 Å². The lowest BCUT2D eigenvalue weighted by atomic mass is 9.33. The second-order valence-corrected chi connectivity index (χ2v) is 24.9. The van der Waals surface area contributed by atoms with Gasteiger partial charge in [0.1, 0.15) is 0 Å². The average Bonchev–Trinajstić information content (AvgIpc) is 3.73. The highest BCUT2D eigenvalue weighted by Gasteiger charge is 2.48. The molecule has 0 fully saturated rings. The van der Waals surface area contributed by atoms with E-state index in [1.165, 1.54) is 146 Å². The molecular formula is C66H63BN2S. The Morgan fingerprint density at radius 3 is 1.76 bits per heavy atom. The van der Waals surface area contributed by atoms with E-state index >= 15 is 0 Å². The van der Waals surface area contributed by atoms with Crippen molar-refractivity contribution in [1.82, 2.24) is 0 Å². The van der Waals surface area contributed by atoms with Crippen LogP contribution in [0.25, 0.3) is 42.4 Å². The quantitative estimate of drug-likeness (QED) is 0.162. The zero-order valence-corrected chi connectivity index (χ0v) is 43.5. The highest BCUT2D eigenvalue weighted by Crippen LogP contribution is 2.55. The molecule has 2 nitrogen and oxygen atoms in total. The molecular weight excluding hydrogens is 864 g/mol. The number of hydrogen-bond donors (Lipinski definition) is 0. The van der Waals surface area contributed by atoms with E-state index < -0.39 is 0 Å². The summed E-state index contributed by atoms with van der Waals surface area (Å²) < 4.78 is 2.67. The summed E-state index contributed by atoms with van der Waals surface area (Å²) in [5.41, 5.74) is 25.6. The standard InChI is InChI=1S/C66H63BN2S/c1-40-19-18-20-41(2)59(40)43-35-56-60-57(36-43)69(54-25-16-14-23-45(54)42-21-12-11-13-22-42)61-52(30-28-47-46-24-15-17-26-58(46)70-62(47)61)67(60)53-38-50-51(66(9,10)34-33-65(50,7)8)39-55(53)68(56)44-27-29-48-49(37-44)64(5,6)32-31-63(48,3)4/h11-30,35-39H,31-34H2,1-10H3. The third kappa shape index (κ3) is 6.30. The zero-order chi connectivity index (χ0) is 48.2. The number of benzene rings is 8. The third-order valence-corrected chi connectivity index (χ3v) is 18.8. The van der Waals surface area contributed by atoms with Crippen molar-refractivity contribution in [3.05, 3.63) is 185 Å². The minimum Gasteiger partial charge on any atom is -0.311 e. The fourth-order valence-corrected chi connectivity index (χ4v) is 14.8. The van der Waals surface area contributed by atoms with E-state index in [0.717, 1.165) is 6.42 Å². The highest BCUT2D eigenvalue weighted by molar-refractivity contribution is 7.26. The fraction of sp³-hybridized carbons (Fsp3) is 0.273. The molecule has 0 N–H and O–H groups in total. The monoisotopic (exact) mass is 926 g/mol. The third-order valence-electron chi connectivity index (χ3n) is 17.6. The minimum atomic E-state index is -0.00726. The number of thiophene rings is 1. The van der Waals surface area contributed by atoms with Crippen molar-refractivity contribution < 1.29 is 0 Å². The molecule has 0 saturated carbocycles. The average molecular weight is 927 g/mol. The number of rotatable bonds is 4. The highest BCUT2D eigenvalue weighted by atomic mass is 32.1. The van der Waals surface area contributed by atoms with Gasteiger partial charge in [0, 0.05) is 43.8 Å². The van der Waals surface area contributed by atoms with Gasteiger partial charge in [-0.2, -0.15) is 0 Å². The molecule has 0 amide bonds. The van der Waals surface area contributed by atoms with Gasteiger partial charge in [-0.15, -0.1) is 11.3 Å². The second kappa shape index (κ2) is 15.1. The Morgan fingerprint density at radius 2 is 1.04 bits per heavy atom. The summed E-state index contributed by atoms with van der Waals surface area (Å²) in [6, 6.07) is 59.1. The van der Waals surface area contributed by atoms with Gasteiger partial charge in [-0.05, 0) is 170 Å². The Bertz CT molecular complexity index is 3640. The van der Waals surface area contributed by atoms with Crippen LogP contribution in [0.4, 0.5) is 34.1 Å². The smallest absolute Gasteiger partial charge is 0.252 e. The molecule has 2 aliphatic heterocycles. The fourth-order valence-electron chi connectivity index (χ4n) is 13.5. The lowest BCUT2D eigenvalue weighted by Crippen LogP contribution is -2.62. The largest absolute Gasteiger partial charge is 0.311 e. The molecule has 2 aliphatic carbocycles. The minimum absolute atomic E-state index is 0.00726. The summed E-state index contributed by atoms with van der Waals surface area (Å²) in [6.07, 6.45) is 4.69. The molecule has 0 unspecified atom stereocenters. The molecule has 9 aromatic rings. The van der Waals surface area contributed by atoms with E-state index in [9.17, 15) is 0 Å². The predicted molar refractivity (Wildman–Crippen MR) is 304 cm³/mol. The van der Waals surface area contributed by atoms with Crippen molar-refractivity contribution in [3.8, 4) is 22.3 Å². The van der Waals surface area contributed by atoms with Crippen LogP contribution < -0.4 is 26.2 Å². The lowest BCUT2D eigenvalue weighted by Gasteiger charge is -2.48. The first-order valence-electron chi connectivity index (χ1n) is 25.8. The molecule has 8 aromatic carbocycles. The van der Waals surface area contributed by atoms with E-state index in [4.69, 9.17) is 0 Å². The maximum Gasteiger partial charge on any atom is 0.252 e. The first kappa shape index (κ1) is 43.6. The van der Waals surface area contributed by atoms with E-state index in [0.29, 0.717) is 0 Å². The molecule has 70 heavy (non-hydrogen) atoms. The predicted octanol–water partition coefficient (Wildman–Crippen LogP) is 16.8. The number of hydrogen-bond acceptors (Lipinski definition) is 3. The molecule has 0 atom stereocenters. The van der Waals surface area contributed by atoms with Gasteiger partial charge in [0.2, 0.25) is 0 Å². The number of aryl methyl sites for hydroxylation is 2. The molecule has 1 aromatic heterocycles. The van der Waals surface area contributed by atoms with E-state index in [1.807, 2.05) is 11.3 Å². The van der Waals surface area contributed by atoms with Crippen molar-refractivity contribution in [1.29, 1.82) is 0 Å². The second-order valence-electron chi connectivity index (χ2n) is 23.9. The van der Waals surface area contributed by atoms with Gasteiger partial charge in [-0.1, -0.05) is 165 Å². The molecule has 4 aliphatic rings. The molecule has 0 bridgehead atoms. The number of nitrogens with zero attached hydrogens (tertiary/aromatic N) is 2. The van der Waals surface area contributed by atoms with Gasteiger partial charge in [0.25, 0.3) is 6.71 Å². The summed E-state index contributed by atoms with van der Waals surface area (Å²) in [4.78, 5) is 5.43. The molecule has 346 valence electrons. The van der Waals surface area contributed by atoms with Crippen LogP contribution in [0.5, 0.6) is 0 Å². The molecule has 3 heterocycles. The number of fused-ring (bicyclic) bond motifs is 10. The van der Waals surface area contributed by atoms with Gasteiger partial charge in [0.05, 0.1) is 16.1 Å². The van der Waals surface area contributed by atoms with E-state index in [2.05, 4.69) is 231 Å².